The van der Waals surface area contributed by atoms with Crippen LogP contribution in [-0.4, -0.2) is 10.9 Å². The molecule has 1 N–H and O–H groups in total. The Hall–Kier alpha value is -3.40. The van der Waals surface area contributed by atoms with Crippen LogP contribution in [0.2, 0.25) is 0 Å². The highest BCUT2D eigenvalue weighted by Crippen LogP contribution is 2.29. The van der Waals surface area contributed by atoms with Gasteiger partial charge < -0.3 is 9.73 Å². The third-order valence-corrected chi connectivity index (χ3v) is 5.29. The van der Waals surface area contributed by atoms with Crippen molar-refractivity contribution >= 4 is 22.7 Å². The number of aromatic nitrogens is 1. The van der Waals surface area contributed by atoms with E-state index in [0.717, 1.165) is 39.0 Å². The van der Waals surface area contributed by atoms with Crippen LogP contribution in [0.1, 0.15) is 52.4 Å². The van der Waals surface area contributed by atoms with Gasteiger partial charge in [-0.2, -0.15) is 0 Å². The molecule has 0 bridgehead atoms. The van der Waals surface area contributed by atoms with Crippen LogP contribution in [0.3, 0.4) is 0 Å². The smallest absolute Gasteiger partial charge is 0.255 e. The number of aryl methyl sites for hydroxylation is 3. The summed E-state index contributed by atoms with van der Waals surface area (Å²) in [4.78, 5) is 17.5. The number of benzene rings is 3. The monoisotopic (exact) mass is 398 g/mol. The largest absolute Gasteiger partial charge is 0.436 e. The molecule has 4 aromatic rings. The van der Waals surface area contributed by atoms with Gasteiger partial charge in [0, 0.05) is 16.8 Å². The molecule has 1 amide bonds. The van der Waals surface area contributed by atoms with Crippen molar-refractivity contribution in [2.75, 3.05) is 5.32 Å². The molecule has 0 fully saturated rings. The van der Waals surface area contributed by atoms with Gasteiger partial charge in [0.2, 0.25) is 5.89 Å². The summed E-state index contributed by atoms with van der Waals surface area (Å²) in [6.45, 7) is 10.3. The summed E-state index contributed by atoms with van der Waals surface area (Å²) in [7, 11) is 0. The Bertz CT molecular complexity index is 1230. The second-order valence-electron chi connectivity index (χ2n) is 8.26. The second kappa shape index (κ2) is 7.79. The van der Waals surface area contributed by atoms with Crippen molar-refractivity contribution in [1.82, 2.24) is 4.98 Å². The van der Waals surface area contributed by atoms with Gasteiger partial charge in [-0.15, -0.1) is 0 Å². The van der Waals surface area contributed by atoms with Crippen molar-refractivity contribution < 1.29 is 9.21 Å². The third kappa shape index (κ3) is 3.99. The molecule has 4 nitrogen and oxygen atoms in total. The molecule has 0 aliphatic rings. The van der Waals surface area contributed by atoms with E-state index in [9.17, 15) is 4.79 Å². The van der Waals surface area contributed by atoms with Crippen LogP contribution >= 0.6 is 0 Å². The minimum atomic E-state index is -0.124. The fourth-order valence-electron chi connectivity index (χ4n) is 3.62. The highest BCUT2D eigenvalue weighted by Gasteiger charge is 2.14. The Morgan fingerprint density at radius 3 is 2.37 bits per heavy atom. The zero-order valence-electron chi connectivity index (χ0n) is 18.0. The molecule has 0 saturated heterocycles. The minimum absolute atomic E-state index is 0.124. The van der Waals surface area contributed by atoms with E-state index >= 15 is 0 Å². The van der Waals surface area contributed by atoms with Crippen molar-refractivity contribution in [3.05, 3.63) is 82.4 Å². The van der Waals surface area contributed by atoms with Crippen LogP contribution in [0.4, 0.5) is 5.69 Å². The summed E-state index contributed by atoms with van der Waals surface area (Å²) in [5.41, 5.74) is 8.19. The zero-order valence-corrected chi connectivity index (χ0v) is 18.0. The van der Waals surface area contributed by atoms with E-state index in [0.29, 0.717) is 17.4 Å². The number of nitrogens with one attached hydrogen (secondary N) is 1. The van der Waals surface area contributed by atoms with Crippen LogP contribution in [0, 0.1) is 20.8 Å². The number of carbonyl (C=O) groups excluding carboxylic acids is 1. The first-order valence-electron chi connectivity index (χ1n) is 10.2. The predicted molar refractivity (Wildman–Crippen MR) is 122 cm³/mol. The van der Waals surface area contributed by atoms with Crippen LogP contribution in [-0.2, 0) is 0 Å². The molecule has 0 spiro atoms. The number of amides is 1. The quantitative estimate of drug-likeness (QED) is 0.411. The summed E-state index contributed by atoms with van der Waals surface area (Å²) in [5, 5.41) is 3.04. The van der Waals surface area contributed by atoms with Gasteiger partial charge in [-0.25, -0.2) is 4.98 Å². The normalized spacial score (nSPS) is 11.3. The van der Waals surface area contributed by atoms with Crippen molar-refractivity contribution in [1.29, 1.82) is 0 Å². The summed E-state index contributed by atoms with van der Waals surface area (Å²) in [5.74, 6) is 0.856. The molecule has 1 heterocycles. The van der Waals surface area contributed by atoms with Gasteiger partial charge in [-0.3, -0.25) is 4.79 Å². The molecule has 0 aliphatic heterocycles. The summed E-state index contributed by atoms with van der Waals surface area (Å²) in [6.07, 6.45) is 0. The second-order valence-corrected chi connectivity index (χ2v) is 8.26. The number of anilines is 1. The Labute approximate surface area is 177 Å². The first-order chi connectivity index (χ1) is 14.3. The standard InChI is InChI=1S/C26H26N2O2/c1-15(2)19-8-9-24-23(13-19)28-26(30-24)20-7-6-18(5)22(14-20)27-25(29)21-11-16(3)10-17(4)12-21/h6-15H,1-5H3,(H,27,29). The molecule has 30 heavy (non-hydrogen) atoms. The fraction of sp³-hybridized carbons (Fsp3) is 0.231. The highest BCUT2D eigenvalue weighted by molar-refractivity contribution is 6.05. The Morgan fingerprint density at radius 1 is 0.933 bits per heavy atom. The van der Waals surface area contributed by atoms with E-state index in [2.05, 4.69) is 42.3 Å². The Morgan fingerprint density at radius 2 is 1.67 bits per heavy atom. The summed E-state index contributed by atoms with van der Waals surface area (Å²) >= 11 is 0. The molecular formula is C26H26N2O2. The third-order valence-electron chi connectivity index (χ3n) is 5.29. The van der Waals surface area contributed by atoms with E-state index < -0.39 is 0 Å². The number of oxazole rings is 1. The first-order valence-corrected chi connectivity index (χ1v) is 10.2. The number of fused-ring (bicyclic) bond motifs is 1. The number of nitrogens with zero attached hydrogens (tertiary/aromatic N) is 1. The summed E-state index contributed by atoms with van der Waals surface area (Å²) < 4.78 is 5.98. The number of hydrogen-bond acceptors (Lipinski definition) is 3. The molecule has 4 rings (SSSR count). The average Bonchev–Trinajstić information content (AvgIpc) is 3.12. The predicted octanol–water partition coefficient (Wildman–Crippen LogP) is 6.80. The van der Waals surface area contributed by atoms with Gasteiger partial charge in [0.1, 0.15) is 5.52 Å². The van der Waals surface area contributed by atoms with E-state index in [1.165, 1.54) is 5.56 Å². The molecule has 3 aromatic carbocycles. The molecule has 0 atom stereocenters. The van der Waals surface area contributed by atoms with Gasteiger partial charge in [0.15, 0.2) is 5.58 Å². The van der Waals surface area contributed by atoms with Gasteiger partial charge in [-0.05, 0) is 74.2 Å². The maximum atomic E-state index is 12.8. The molecule has 0 aliphatic carbocycles. The van der Waals surface area contributed by atoms with Gasteiger partial charge in [-0.1, -0.05) is 43.2 Å². The highest BCUT2D eigenvalue weighted by atomic mass is 16.3. The van der Waals surface area contributed by atoms with E-state index in [-0.39, 0.29) is 5.91 Å². The minimum Gasteiger partial charge on any atom is -0.436 e. The number of rotatable bonds is 4. The van der Waals surface area contributed by atoms with Gasteiger partial charge >= 0.3 is 0 Å². The van der Waals surface area contributed by atoms with Crippen LogP contribution in [0.25, 0.3) is 22.6 Å². The first kappa shape index (κ1) is 19.9. The fourth-order valence-corrected chi connectivity index (χ4v) is 3.62. The van der Waals surface area contributed by atoms with E-state index in [1.807, 2.05) is 57.2 Å². The molecule has 1 aromatic heterocycles. The zero-order chi connectivity index (χ0) is 21.4. The molecule has 0 saturated carbocycles. The molecular weight excluding hydrogens is 372 g/mol. The molecule has 152 valence electrons. The number of carbonyl (C=O) groups is 1. The van der Waals surface area contributed by atoms with Crippen molar-refractivity contribution in [3.63, 3.8) is 0 Å². The van der Waals surface area contributed by atoms with Crippen molar-refractivity contribution in [2.24, 2.45) is 0 Å². The van der Waals surface area contributed by atoms with Crippen LogP contribution in [0.5, 0.6) is 0 Å². The average molecular weight is 399 g/mol. The van der Waals surface area contributed by atoms with Crippen molar-refractivity contribution in [2.45, 2.75) is 40.5 Å². The van der Waals surface area contributed by atoms with Crippen LogP contribution < -0.4 is 5.32 Å². The topological polar surface area (TPSA) is 55.1 Å². The lowest BCUT2D eigenvalue weighted by molar-refractivity contribution is 0.102. The lowest BCUT2D eigenvalue weighted by Crippen LogP contribution is -2.13. The van der Waals surface area contributed by atoms with E-state index in [4.69, 9.17) is 4.42 Å². The molecule has 0 radical (unpaired) electrons. The SMILES string of the molecule is Cc1cc(C)cc(C(=O)Nc2cc(-c3nc4cc(C(C)C)ccc4o3)ccc2C)c1. The lowest BCUT2D eigenvalue weighted by atomic mass is 10.0. The molecule has 4 heteroatoms. The molecule has 0 unspecified atom stereocenters. The Kier molecular flexibility index (Phi) is 5.17. The maximum absolute atomic E-state index is 12.8. The lowest BCUT2D eigenvalue weighted by Gasteiger charge is -2.11. The van der Waals surface area contributed by atoms with Gasteiger partial charge in [0.05, 0.1) is 0 Å². The van der Waals surface area contributed by atoms with E-state index in [1.54, 1.807) is 0 Å². The number of hydrogen-bond donors (Lipinski definition) is 1. The summed E-state index contributed by atoms with van der Waals surface area (Å²) in [6, 6.07) is 17.8. The Balaban J connectivity index is 1.66. The maximum Gasteiger partial charge on any atom is 0.255 e. The van der Waals surface area contributed by atoms with Crippen LogP contribution in [0.15, 0.2) is 59.0 Å². The van der Waals surface area contributed by atoms with Crippen molar-refractivity contribution in [3.8, 4) is 11.5 Å². The van der Waals surface area contributed by atoms with Gasteiger partial charge in [0.25, 0.3) is 5.91 Å².